The standard InChI is InChI=1S/C15H12N2O2S/c18-15(13-3-1-7-19-13)17-10-11-5-6-16-12(9-11)14-4-2-8-20-14/h1-9H,10H2,(H,17,18). The van der Waals surface area contributed by atoms with Gasteiger partial charge in [0.25, 0.3) is 5.91 Å². The lowest BCUT2D eigenvalue weighted by Crippen LogP contribution is -2.22. The average molecular weight is 284 g/mol. The predicted octanol–water partition coefficient (Wildman–Crippen LogP) is 3.33. The lowest BCUT2D eigenvalue weighted by molar-refractivity contribution is 0.0923. The molecule has 100 valence electrons. The Morgan fingerprint density at radius 1 is 1.30 bits per heavy atom. The molecule has 20 heavy (non-hydrogen) atoms. The number of hydrogen-bond acceptors (Lipinski definition) is 4. The molecular weight excluding hydrogens is 272 g/mol. The van der Waals surface area contributed by atoms with Crippen LogP contribution in [0.2, 0.25) is 0 Å². The van der Waals surface area contributed by atoms with Crippen LogP contribution in [0.5, 0.6) is 0 Å². The van der Waals surface area contributed by atoms with Gasteiger partial charge in [0.15, 0.2) is 5.76 Å². The molecule has 5 heteroatoms. The molecule has 0 aliphatic carbocycles. The molecule has 0 aromatic carbocycles. The van der Waals surface area contributed by atoms with Gasteiger partial charge in [0.1, 0.15) is 0 Å². The van der Waals surface area contributed by atoms with Gasteiger partial charge < -0.3 is 9.73 Å². The number of carbonyl (C=O) groups is 1. The van der Waals surface area contributed by atoms with E-state index in [4.69, 9.17) is 4.42 Å². The van der Waals surface area contributed by atoms with Crippen molar-refractivity contribution in [1.82, 2.24) is 10.3 Å². The Balaban J connectivity index is 1.69. The van der Waals surface area contributed by atoms with Crippen molar-refractivity contribution in [3.63, 3.8) is 0 Å². The monoisotopic (exact) mass is 284 g/mol. The lowest BCUT2D eigenvalue weighted by atomic mass is 10.2. The van der Waals surface area contributed by atoms with Crippen LogP contribution in [0.4, 0.5) is 0 Å². The highest BCUT2D eigenvalue weighted by Gasteiger charge is 2.08. The highest BCUT2D eigenvalue weighted by molar-refractivity contribution is 7.13. The summed E-state index contributed by atoms with van der Waals surface area (Å²) in [6.45, 7) is 0.445. The molecule has 0 saturated carbocycles. The van der Waals surface area contributed by atoms with E-state index in [1.54, 1.807) is 29.7 Å². The summed E-state index contributed by atoms with van der Waals surface area (Å²) >= 11 is 1.64. The second kappa shape index (κ2) is 5.71. The second-order valence-corrected chi connectivity index (χ2v) is 5.13. The summed E-state index contributed by atoms with van der Waals surface area (Å²) in [6, 6.07) is 11.2. The number of rotatable bonds is 4. The maximum Gasteiger partial charge on any atom is 0.287 e. The zero-order valence-corrected chi connectivity index (χ0v) is 11.4. The van der Waals surface area contributed by atoms with Crippen molar-refractivity contribution in [2.75, 3.05) is 0 Å². The quantitative estimate of drug-likeness (QED) is 0.799. The van der Waals surface area contributed by atoms with Crippen LogP contribution in [-0.4, -0.2) is 10.9 Å². The fourth-order valence-corrected chi connectivity index (χ4v) is 2.51. The van der Waals surface area contributed by atoms with E-state index in [9.17, 15) is 4.79 Å². The first-order chi connectivity index (χ1) is 9.83. The number of thiophene rings is 1. The van der Waals surface area contributed by atoms with E-state index >= 15 is 0 Å². The minimum absolute atomic E-state index is 0.218. The van der Waals surface area contributed by atoms with Gasteiger partial charge in [0.05, 0.1) is 16.8 Å². The third-order valence-corrected chi connectivity index (χ3v) is 3.69. The molecule has 0 bridgehead atoms. The fraction of sp³-hybridized carbons (Fsp3) is 0.0667. The van der Waals surface area contributed by atoms with Crippen molar-refractivity contribution in [3.05, 3.63) is 65.6 Å². The molecule has 0 saturated heterocycles. The van der Waals surface area contributed by atoms with Crippen molar-refractivity contribution >= 4 is 17.2 Å². The molecule has 0 spiro atoms. The SMILES string of the molecule is O=C(NCc1ccnc(-c2cccs2)c1)c1ccco1. The first-order valence-corrected chi connectivity index (χ1v) is 7.01. The van der Waals surface area contributed by atoms with Gasteiger partial charge in [-0.2, -0.15) is 0 Å². The number of hydrogen-bond donors (Lipinski definition) is 1. The van der Waals surface area contributed by atoms with Crippen LogP contribution >= 0.6 is 11.3 Å². The van der Waals surface area contributed by atoms with Gasteiger partial charge in [0.2, 0.25) is 0 Å². The van der Waals surface area contributed by atoms with Crippen molar-refractivity contribution in [3.8, 4) is 10.6 Å². The molecule has 3 aromatic heterocycles. The Hall–Kier alpha value is -2.40. The van der Waals surface area contributed by atoms with E-state index in [1.807, 2.05) is 29.6 Å². The first kappa shape index (κ1) is 12.6. The maximum atomic E-state index is 11.8. The highest BCUT2D eigenvalue weighted by Crippen LogP contribution is 2.22. The second-order valence-electron chi connectivity index (χ2n) is 4.19. The van der Waals surface area contributed by atoms with Crippen molar-refractivity contribution in [2.24, 2.45) is 0 Å². The topological polar surface area (TPSA) is 55.1 Å². The molecule has 3 rings (SSSR count). The smallest absolute Gasteiger partial charge is 0.287 e. The van der Waals surface area contributed by atoms with Crippen LogP contribution in [0, 0.1) is 0 Å². The van der Waals surface area contributed by atoms with Gasteiger partial charge in [-0.05, 0) is 41.3 Å². The predicted molar refractivity (Wildman–Crippen MR) is 77.4 cm³/mol. The molecule has 0 atom stereocenters. The van der Waals surface area contributed by atoms with Crippen LogP contribution in [0.3, 0.4) is 0 Å². The third-order valence-electron chi connectivity index (χ3n) is 2.80. The van der Waals surface area contributed by atoms with E-state index in [2.05, 4.69) is 10.3 Å². The molecular formula is C15H12N2O2S. The van der Waals surface area contributed by atoms with Crippen molar-refractivity contribution in [2.45, 2.75) is 6.54 Å². The third kappa shape index (κ3) is 2.78. The Morgan fingerprint density at radius 3 is 3.00 bits per heavy atom. The molecule has 3 aromatic rings. The Bertz CT molecular complexity index is 691. The molecule has 4 nitrogen and oxygen atoms in total. The number of pyridine rings is 1. The van der Waals surface area contributed by atoms with Gasteiger partial charge >= 0.3 is 0 Å². The van der Waals surface area contributed by atoms with Crippen LogP contribution < -0.4 is 5.32 Å². The minimum Gasteiger partial charge on any atom is -0.459 e. The van der Waals surface area contributed by atoms with Crippen LogP contribution in [0.15, 0.2) is 58.7 Å². The van der Waals surface area contributed by atoms with Crippen LogP contribution in [0.1, 0.15) is 16.1 Å². The van der Waals surface area contributed by atoms with Crippen molar-refractivity contribution in [1.29, 1.82) is 0 Å². The average Bonchev–Trinajstić information content (AvgIpc) is 3.17. The zero-order valence-electron chi connectivity index (χ0n) is 10.6. The van der Waals surface area contributed by atoms with Crippen molar-refractivity contribution < 1.29 is 9.21 Å². The zero-order chi connectivity index (χ0) is 13.8. The summed E-state index contributed by atoms with van der Waals surface area (Å²) in [6.07, 6.45) is 3.24. The normalized spacial score (nSPS) is 10.4. The van der Waals surface area contributed by atoms with E-state index in [-0.39, 0.29) is 5.91 Å². The summed E-state index contributed by atoms with van der Waals surface area (Å²) in [4.78, 5) is 17.2. The summed E-state index contributed by atoms with van der Waals surface area (Å²) < 4.78 is 5.04. The van der Waals surface area contributed by atoms with Crippen LogP contribution in [-0.2, 0) is 6.54 Å². The number of carbonyl (C=O) groups excluding carboxylic acids is 1. The summed E-state index contributed by atoms with van der Waals surface area (Å²) in [5, 5.41) is 4.83. The molecule has 0 radical (unpaired) electrons. The van der Waals surface area contributed by atoms with E-state index < -0.39 is 0 Å². The van der Waals surface area contributed by atoms with Gasteiger partial charge in [-0.3, -0.25) is 9.78 Å². The van der Waals surface area contributed by atoms with E-state index in [0.717, 1.165) is 16.1 Å². The van der Waals surface area contributed by atoms with Crippen LogP contribution in [0.25, 0.3) is 10.6 Å². The molecule has 0 aliphatic heterocycles. The fourth-order valence-electron chi connectivity index (χ4n) is 1.82. The maximum absolute atomic E-state index is 11.8. The summed E-state index contributed by atoms with van der Waals surface area (Å²) in [5.74, 6) is 0.0991. The number of aromatic nitrogens is 1. The number of amides is 1. The van der Waals surface area contributed by atoms with E-state index in [0.29, 0.717) is 12.3 Å². The van der Waals surface area contributed by atoms with Gasteiger partial charge in [-0.25, -0.2) is 0 Å². The molecule has 1 N–H and O–H groups in total. The largest absolute Gasteiger partial charge is 0.459 e. The molecule has 3 heterocycles. The Morgan fingerprint density at radius 2 is 2.25 bits per heavy atom. The summed E-state index contributed by atoms with van der Waals surface area (Å²) in [7, 11) is 0. The Kier molecular flexibility index (Phi) is 3.60. The van der Waals surface area contributed by atoms with Gasteiger partial charge in [0, 0.05) is 12.7 Å². The molecule has 1 amide bonds. The Labute approximate surface area is 120 Å². The minimum atomic E-state index is -0.218. The molecule has 0 unspecified atom stereocenters. The molecule has 0 aliphatic rings. The number of furan rings is 1. The lowest BCUT2D eigenvalue weighted by Gasteiger charge is -2.05. The molecule has 0 fully saturated rings. The summed E-state index contributed by atoms with van der Waals surface area (Å²) in [5.41, 5.74) is 1.92. The first-order valence-electron chi connectivity index (χ1n) is 6.13. The van der Waals surface area contributed by atoms with E-state index in [1.165, 1.54) is 6.26 Å². The van der Waals surface area contributed by atoms with Gasteiger partial charge in [-0.1, -0.05) is 6.07 Å². The van der Waals surface area contributed by atoms with Gasteiger partial charge in [-0.15, -0.1) is 11.3 Å². The number of nitrogens with zero attached hydrogens (tertiary/aromatic N) is 1. The number of nitrogens with one attached hydrogen (secondary N) is 1. The highest BCUT2D eigenvalue weighted by atomic mass is 32.1.